The van der Waals surface area contributed by atoms with Crippen LogP contribution in [0.25, 0.3) is 39.3 Å². The van der Waals surface area contributed by atoms with Crippen molar-refractivity contribution >= 4 is 28.2 Å². The van der Waals surface area contributed by atoms with Gasteiger partial charge in [0.25, 0.3) is 0 Å². The molecule has 0 saturated heterocycles. The lowest BCUT2D eigenvalue weighted by atomic mass is 9.95. The van der Waals surface area contributed by atoms with Crippen LogP contribution in [0.4, 0.5) is 5.69 Å². The molecule has 0 aromatic carbocycles. The Morgan fingerprint density at radius 1 is 1.08 bits per heavy atom. The lowest BCUT2D eigenvalue weighted by molar-refractivity contribution is -0.116. The van der Waals surface area contributed by atoms with Crippen LogP contribution in [0.2, 0.25) is 0 Å². The SMILES string of the molecule is CCCCC(=O)Nc1cncc(-c2cnc3n[nH]c(-c4nc5c([nH]4)CCC=C5c4cccnc4)c3c2)c1. The topological polar surface area (TPSA) is 125 Å². The van der Waals surface area contributed by atoms with Gasteiger partial charge in [-0.25, -0.2) is 9.97 Å². The molecule has 0 saturated carbocycles. The van der Waals surface area contributed by atoms with Crippen LogP contribution in [0, 0.1) is 0 Å². The zero-order chi connectivity index (χ0) is 25.2. The summed E-state index contributed by atoms with van der Waals surface area (Å²) in [6.45, 7) is 2.07. The first-order valence-electron chi connectivity index (χ1n) is 12.5. The molecule has 0 fully saturated rings. The summed E-state index contributed by atoms with van der Waals surface area (Å²) in [5.74, 6) is 0.714. The number of aryl methyl sites for hydroxylation is 1. The molecule has 0 radical (unpaired) electrons. The number of carbonyl (C=O) groups excluding carboxylic acids is 1. The van der Waals surface area contributed by atoms with Crippen LogP contribution in [0.1, 0.15) is 49.6 Å². The van der Waals surface area contributed by atoms with E-state index in [1.807, 2.05) is 24.4 Å². The van der Waals surface area contributed by atoms with Crippen LogP contribution in [0.5, 0.6) is 0 Å². The highest BCUT2D eigenvalue weighted by Crippen LogP contribution is 2.34. The van der Waals surface area contributed by atoms with E-state index in [-0.39, 0.29) is 5.91 Å². The normalized spacial score (nSPS) is 12.8. The van der Waals surface area contributed by atoms with E-state index < -0.39 is 0 Å². The summed E-state index contributed by atoms with van der Waals surface area (Å²) in [5.41, 5.74) is 7.96. The van der Waals surface area contributed by atoms with Gasteiger partial charge in [0.15, 0.2) is 11.5 Å². The number of fused-ring (bicyclic) bond motifs is 2. The number of hydrogen-bond donors (Lipinski definition) is 3. The number of nitrogens with one attached hydrogen (secondary N) is 3. The zero-order valence-corrected chi connectivity index (χ0v) is 20.5. The third-order valence-electron chi connectivity index (χ3n) is 6.51. The standard InChI is InChI=1S/C28H26N8O/c1-2-3-9-24(37)32-20-11-18(14-30-16-20)19-12-22-26(35-36-27(22)31-15-19)28-33-23-8-4-7-21(25(23)34-28)17-6-5-10-29-13-17/h5-7,10-16H,2-4,8-9H2,1H3,(H,32,37)(H,33,34)(H,31,35,36). The van der Waals surface area contributed by atoms with Gasteiger partial charge in [-0.1, -0.05) is 25.5 Å². The number of aromatic amines is 2. The van der Waals surface area contributed by atoms with Gasteiger partial charge in [-0.15, -0.1) is 0 Å². The maximum absolute atomic E-state index is 12.2. The van der Waals surface area contributed by atoms with E-state index >= 15 is 0 Å². The van der Waals surface area contributed by atoms with E-state index in [1.54, 1.807) is 24.8 Å². The summed E-state index contributed by atoms with van der Waals surface area (Å²) in [5, 5.41) is 11.3. The highest BCUT2D eigenvalue weighted by Gasteiger charge is 2.22. The third-order valence-corrected chi connectivity index (χ3v) is 6.51. The summed E-state index contributed by atoms with van der Waals surface area (Å²) >= 11 is 0. The van der Waals surface area contributed by atoms with Gasteiger partial charge in [0.05, 0.1) is 23.0 Å². The number of imidazole rings is 1. The minimum atomic E-state index is -0.00649. The second kappa shape index (κ2) is 9.77. The fourth-order valence-electron chi connectivity index (χ4n) is 4.63. The second-order valence-electron chi connectivity index (χ2n) is 9.12. The second-order valence-corrected chi connectivity index (χ2v) is 9.12. The van der Waals surface area contributed by atoms with Crippen LogP contribution in [0.15, 0.2) is 61.3 Å². The molecule has 0 aliphatic heterocycles. The van der Waals surface area contributed by atoms with Gasteiger partial charge >= 0.3 is 0 Å². The Labute approximate surface area is 213 Å². The molecular weight excluding hydrogens is 464 g/mol. The van der Waals surface area contributed by atoms with Crippen molar-refractivity contribution < 1.29 is 4.79 Å². The first-order valence-corrected chi connectivity index (χ1v) is 12.5. The predicted molar refractivity (Wildman–Crippen MR) is 142 cm³/mol. The predicted octanol–water partition coefficient (Wildman–Crippen LogP) is 5.31. The first-order chi connectivity index (χ1) is 18.2. The van der Waals surface area contributed by atoms with Gasteiger partial charge in [0.2, 0.25) is 5.91 Å². The monoisotopic (exact) mass is 490 g/mol. The van der Waals surface area contributed by atoms with Gasteiger partial charge < -0.3 is 10.3 Å². The molecule has 9 heteroatoms. The number of H-pyrrole nitrogens is 2. The number of pyridine rings is 3. The molecule has 1 aliphatic carbocycles. The lowest BCUT2D eigenvalue weighted by Gasteiger charge is -2.12. The van der Waals surface area contributed by atoms with Crippen LogP contribution in [-0.4, -0.2) is 41.0 Å². The van der Waals surface area contributed by atoms with E-state index in [0.29, 0.717) is 17.8 Å². The fraction of sp³-hybridized carbons (Fsp3) is 0.214. The Kier molecular flexibility index (Phi) is 6.02. The van der Waals surface area contributed by atoms with Crippen LogP contribution in [0.3, 0.4) is 0 Å². The Hall–Kier alpha value is -4.66. The van der Waals surface area contributed by atoms with Gasteiger partial charge in [-0.05, 0) is 37.5 Å². The molecule has 184 valence electrons. The minimum absolute atomic E-state index is 0.00649. The molecule has 0 atom stereocenters. The van der Waals surface area contributed by atoms with Gasteiger partial charge in [-0.2, -0.15) is 5.10 Å². The minimum Gasteiger partial charge on any atom is -0.340 e. The van der Waals surface area contributed by atoms with E-state index in [9.17, 15) is 4.79 Å². The number of allylic oxidation sites excluding steroid dienone is 1. The van der Waals surface area contributed by atoms with Crippen molar-refractivity contribution in [2.75, 3.05) is 5.32 Å². The van der Waals surface area contributed by atoms with Crippen molar-refractivity contribution in [1.29, 1.82) is 0 Å². The van der Waals surface area contributed by atoms with Crippen LogP contribution < -0.4 is 5.32 Å². The summed E-state index contributed by atoms with van der Waals surface area (Å²) in [6.07, 6.45) is 15.2. The zero-order valence-electron chi connectivity index (χ0n) is 20.5. The van der Waals surface area contributed by atoms with E-state index in [4.69, 9.17) is 4.98 Å². The van der Waals surface area contributed by atoms with Gasteiger partial charge in [0, 0.05) is 59.2 Å². The molecule has 37 heavy (non-hydrogen) atoms. The molecule has 6 rings (SSSR count). The smallest absolute Gasteiger partial charge is 0.224 e. The number of rotatable bonds is 7. The van der Waals surface area contributed by atoms with Crippen molar-refractivity contribution in [1.82, 2.24) is 35.1 Å². The largest absolute Gasteiger partial charge is 0.340 e. The average Bonchev–Trinajstić information content (AvgIpc) is 3.56. The number of amides is 1. The summed E-state index contributed by atoms with van der Waals surface area (Å²) in [7, 11) is 0. The van der Waals surface area contributed by atoms with E-state index in [2.05, 4.69) is 54.5 Å². The molecule has 9 nitrogen and oxygen atoms in total. The maximum atomic E-state index is 12.2. The molecule has 1 amide bonds. The Balaban J connectivity index is 1.33. The molecular formula is C28H26N8O. The van der Waals surface area contributed by atoms with E-state index in [0.717, 1.165) is 76.2 Å². The van der Waals surface area contributed by atoms with Gasteiger partial charge in [-0.3, -0.25) is 19.9 Å². The molecule has 0 unspecified atom stereocenters. The molecule has 1 aliphatic rings. The molecule has 0 spiro atoms. The lowest BCUT2D eigenvalue weighted by Crippen LogP contribution is -2.11. The number of aromatic nitrogens is 7. The van der Waals surface area contributed by atoms with Crippen molar-refractivity contribution in [2.24, 2.45) is 0 Å². The Morgan fingerprint density at radius 2 is 1.97 bits per heavy atom. The highest BCUT2D eigenvalue weighted by molar-refractivity contribution is 5.94. The van der Waals surface area contributed by atoms with Crippen molar-refractivity contribution in [2.45, 2.75) is 39.0 Å². The van der Waals surface area contributed by atoms with Crippen molar-refractivity contribution in [3.63, 3.8) is 0 Å². The third kappa shape index (κ3) is 4.51. The number of hydrogen-bond acceptors (Lipinski definition) is 6. The number of anilines is 1. The van der Waals surface area contributed by atoms with E-state index in [1.165, 1.54) is 0 Å². The Morgan fingerprint density at radius 3 is 2.84 bits per heavy atom. The van der Waals surface area contributed by atoms with Crippen molar-refractivity contribution in [3.05, 3.63) is 78.3 Å². The Bertz CT molecular complexity index is 1620. The molecule has 3 N–H and O–H groups in total. The van der Waals surface area contributed by atoms with Gasteiger partial charge in [0.1, 0.15) is 5.69 Å². The number of nitrogens with zero attached hydrogens (tertiary/aromatic N) is 5. The summed E-state index contributed by atoms with van der Waals surface area (Å²) in [4.78, 5) is 33.8. The molecule has 5 heterocycles. The molecule has 5 aromatic rings. The average molecular weight is 491 g/mol. The fourth-order valence-corrected chi connectivity index (χ4v) is 4.63. The van der Waals surface area contributed by atoms with Crippen LogP contribution >= 0.6 is 0 Å². The maximum Gasteiger partial charge on any atom is 0.224 e. The molecule has 0 bridgehead atoms. The molecule has 5 aromatic heterocycles. The highest BCUT2D eigenvalue weighted by atomic mass is 16.1. The van der Waals surface area contributed by atoms with Crippen molar-refractivity contribution in [3.8, 4) is 22.6 Å². The summed E-state index contributed by atoms with van der Waals surface area (Å²) < 4.78 is 0. The number of carbonyl (C=O) groups is 1. The summed E-state index contributed by atoms with van der Waals surface area (Å²) in [6, 6.07) is 7.93. The first kappa shape index (κ1) is 22.8. The number of unbranched alkanes of at least 4 members (excludes halogenated alkanes) is 1. The van der Waals surface area contributed by atoms with Crippen LogP contribution in [-0.2, 0) is 11.2 Å². The quantitative estimate of drug-likeness (QED) is 0.284.